The second kappa shape index (κ2) is 15.6. The normalized spacial score (nSPS) is 13.8. The van der Waals surface area contributed by atoms with Crippen LogP contribution >= 0.6 is 0 Å². The lowest BCUT2D eigenvalue weighted by molar-refractivity contribution is -0.182. The van der Waals surface area contributed by atoms with Crippen LogP contribution in [0.15, 0.2) is 78.9 Å². The second-order valence-corrected chi connectivity index (χ2v) is 10.3. The highest BCUT2D eigenvalue weighted by atomic mass is 16.7. The van der Waals surface area contributed by atoms with Gasteiger partial charge < -0.3 is 15.4 Å². The van der Waals surface area contributed by atoms with Crippen LogP contribution in [0, 0.1) is 11.8 Å². The number of rotatable bonds is 15. The lowest BCUT2D eigenvalue weighted by Gasteiger charge is -2.25. The fraction of sp³-hybridized carbons (Fsp3) is 0.364. The molecule has 8 heteroatoms. The summed E-state index contributed by atoms with van der Waals surface area (Å²) in [5, 5.41) is 6.84. The van der Waals surface area contributed by atoms with Gasteiger partial charge in [0.05, 0.1) is 25.7 Å². The molecule has 1 atom stereocenters. The molecule has 0 spiro atoms. The molecule has 0 aromatic heterocycles. The maximum atomic E-state index is 13.2. The molecule has 41 heavy (non-hydrogen) atoms. The molecule has 216 valence electrons. The molecule has 0 saturated heterocycles. The Morgan fingerprint density at radius 2 is 1.68 bits per heavy atom. The van der Waals surface area contributed by atoms with Crippen LogP contribution in [0.1, 0.15) is 54.9 Å². The van der Waals surface area contributed by atoms with Crippen molar-refractivity contribution in [3.63, 3.8) is 0 Å². The van der Waals surface area contributed by atoms with E-state index in [1.54, 1.807) is 6.07 Å². The van der Waals surface area contributed by atoms with Crippen molar-refractivity contribution in [1.29, 1.82) is 0 Å². The zero-order valence-corrected chi connectivity index (χ0v) is 23.6. The Labute approximate surface area is 242 Å². The minimum absolute atomic E-state index is 0.0190. The lowest BCUT2D eigenvalue weighted by Crippen LogP contribution is -2.43. The van der Waals surface area contributed by atoms with Gasteiger partial charge in [-0.15, -0.1) is 0 Å². The third-order valence-electron chi connectivity index (χ3n) is 7.34. The van der Waals surface area contributed by atoms with Crippen molar-refractivity contribution in [2.45, 2.75) is 45.6 Å². The van der Waals surface area contributed by atoms with Gasteiger partial charge in [-0.05, 0) is 60.2 Å². The molecular formula is C33H39N3O5. The summed E-state index contributed by atoms with van der Waals surface area (Å²) in [5.74, 6) is 0.257. The summed E-state index contributed by atoms with van der Waals surface area (Å²) in [7, 11) is 0. The first-order valence-corrected chi connectivity index (χ1v) is 14.3. The van der Waals surface area contributed by atoms with E-state index in [2.05, 4.69) is 10.6 Å². The first-order chi connectivity index (χ1) is 20.1. The van der Waals surface area contributed by atoms with E-state index >= 15 is 0 Å². The Bertz CT molecular complexity index is 1280. The topological polar surface area (TPSA) is 97.0 Å². The summed E-state index contributed by atoms with van der Waals surface area (Å²) >= 11 is 0. The van der Waals surface area contributed by atoms with Crippen LogP contribution < -0.4 is 15.4 Å². The predicted molar refractivity (Wildman–Crippen MR) is 158 cm³/mol. The molecule has 0 bridgehead atoms. The van der Waals surface area contributed by atoms with E-state index in [1.807, 2.05) is 79.7 Å². The Hall–Kier alpha value is -4.17. The minimum Gasteiger partial charge on any atom is -0.494 e. The van der Waals surface area contributed by atoms with Gasteiger partial charge in [-0.25, -0.2) is 5.06 Å². The fourth-order valence-electron chi connectivity index (χ4n) is 5.22. The van der Waals surface area contributed by atoms with Crippen LogP contribution in [0.2, 0.25) is 0 Å². The van der Waals surface area contributed by atoms with Crippen molar-refractivity contribution in [2.24, 2.45) is 11.8 Å². The standard InChI is InChI=1S/C33H39N3O5/c1-2-40-31-17-9-15-28(20-31)27-14-8-16-29(19-27)32(38)34-23-35-33(39)30(18-25-10-6-7-11-25)21-36(24-37)41-22-26-12-4-3-5-13-26/h3-5,8-9,12-17,19-20,24-25,30H,2,6-7,10-11,18,21-23H2,1H3,(H,34,38)(H,35,39)/t30-/m1/s1. The third kappa shape index (κ3) is 9.18. The number of benzene rings is 3. The lowest BCUT2D eigenvalue weighted by atomic mass is 9.92. The third-order valence-corrected chi connectivity index (χ3v) is 7.34. The predicted octanol–water partition coefficient (Wildman–Crippen LogP) is 5.34. The molecule has 3 aromatic carbocycles. The number of nitrogens with one attached hydrogen (secondary N) is 2. The second-order valence-electron chi connectivity index (χ2n) is 10.3. The molecule has 0 unspecified atom stereocenters. The number of nitrogens with zero attached hydrogens (tertiary/aromatic N) is 1. The Balaban J connectivity index is 1.33. The average Bonchev–Trinajstić information content (AvgIpc) is 3.53. The van der Waals surface area contributed by atoms with Crippen molar-refractivity contribution >= 4 is 18.2 Å². The van der Waals surface area contributed by atoms with Crippen molar-refractivity contribution in [1.82, 2.24) is 15.7 Å². The van der Waals surface area contributed by atoms with Crippen LogP contribution in [-0.4, -0.2) is 43.1 Å². The molecule has 4 rings (SSSR count). The highest BCUT2D eigenvalue weighted by Gasteiger charge is 2.27. The SMILES string of the molecule is CCOc1cccc(-c2cccc(C(=O)NCNC(=O)[C@H](CC3CCCC3)CN(C=O)OCc3ccccc3)c2)c1. The molecule has 2 N–H and O–H groups in total. The fourth-order valence-corrected chi connectivity index (χ4v) is 5.22. The maximum absolute atomic E-state index is 13.2. The minimum atomic E-state index is -0.447. The van der Waals surface area contributed by atoms with Gasteiger partial charge in [-0.3, -0.25) is 19.2 Å². The number of carbonyl (C=O) groups is 3. The number of hydroxylamine groups is 2. The van der Waals surface area contributed by atoms with Gasteiger partial charge in [0.1, 0.15) is 12.4 Å². The van der Waals surface area contributed by atoms with Crippen molar-refractivity contribution in [3.8, 4) is 16.9 Å². The average molecular weight is 558 g/mol. The first-order valence-electron chi connectivity index (χ1n) is 14.3. The molecule has 1 aliphatic carbocycles. The Morgan fingerprint density at radius 1 is 0.951 bits per heavy atom. The molecule has 0 heterocycles. The first kappa shape index (κ1) is 29.8. The van der Waals surface area contributed by atoms with Crippen molar-refractivity contribution < 1.29 is 24.0 Å². The van der Waals surface area contributed by atoms with E-state index in [0.717, 1.165) is 48.1 Å². The van der Waals surface area contributed by atoms with Crippen molar-refractivity contribution in [3.05, 3.63) is 90.0 Å². The van der Waals surface area contributed by atoms with Gasteiger partial charge in [0, 0.05) is 5.56 Å². The highest BCUT2D eigenvalue weighted by Crippen LogP contribution is 2.31. The summed E-state index contributed by atoms with van der Waals surface area (Å²) in [6.07, 6.45) is 5.77. The molecule has 8 nitrogen and oxygen atoms in total. The number of ether oxygens (including phenoxy) is 1. The van der Waals surface area contributed by atoms with E-state index in [9.17, 15) is 14.4 Å². The smallest absolute Gasteiger partial charge is 0.252 e. The Kier molecular flexibility index (Phi) is 11.3. The van der Waals surface area contributed by atoms with E-state index in [0.29, 0.717) is 30.9 Å². The molecule has 3 aromatic rings. The molecule has 1 aliphatic rings. The summed E-state index contributed by atoms with van der Waals surface area (Å²) in [5.41, 5.74) is 3.26. The molecule has 1 fully saturated rings. The van der Waals surface area contributed by atoms with Gasteiger partial charge in [0.25, 0.3) is 5.91 Å². The van der Waals surface area contributed by atoms with Crippen LogP contribution in [-0.2, 0) is 21.0 Å². The highest BCUT2D eigenvalue weighted by molar-refractivity contribution is 5.95. The summed E-state index contributed by atoms with van der Waals surface area (Å²) < 4.78 is 5.60. The largest absolute Gasteiger partial charge is 0.494 e. The van der Waals surface area contributed by atoms with Gasteiger partial charge in [-0.1, -0.05) is 80.3 Å². The zero-order valence-electron chi connectivity index (χ0n) is 23.6. The quantitative estimate of drug-likeness (QED) is 0.149. The van der Waals surface area contributed by atoms with Crippen LogP contribution in [0.5, 0.6) is 5.75 Å². The Morgan fingerprint density at radius 3 is 2.41 bits per heavy atom. The van der Waals surface area contributed by atoms with Gasteiger partial charge in [0.2, 0.25) is 12.3 Å². The molecule has 3 amide bonds. The number of carbonyl (C=O) groups excluding carboxylic acids is 3. The maximum Gasteiger partial charge on any atom is 0.252 e. The van der Waals surface area contributed by atoms with E-state index in [-0.39, 0.29) is 31.6 Å². The monoisotopic (exact) mass is 557 g/mol. The van der Waals surface area contributed by atoms with Crippen LogP contribution in [0.4, 0.5) is 0 Å². The zero-order chi connectivity index (χ0) is 28.9. The molecule has 1 saturated carbocycles. The van der Waals surface area contributed by atoms with Crippen LogP contribution in [0.25, 0.3) is 11.1 Å². The summed E-state index contributed by atoms with van der Waals surface area (Å²) in [6, 6.07) is 24.6. The molecule has 0 radical (unpaired) electrons. The molecular weight excluding hydrogens is 518 g/mol. The van der Waals surface area contributed by atoms with E-state index in [1.165, 1.54) is 5.06 Å². The number of hydrogen-bond acceptors (Lipinski definition) is 5. The van der Waals surface area contributed by atoms with E-state index in [4.69, 9.17) is 9.57 Å². The van der Waals surface area contributed by atoms with Gasteiger partial charge in [-0.2, -0.15) is 0 Å². The van der Waals surface area contributed by atoms with E-state index < -0.39 is 5.92 Å². The summed E-state index contributed by atoms with van der Waals surface area (Å²) in [4.78, 5) is 43.6. The number of amides is 3. The number of hydrogen-bond donors (Lipinski definition) is 2. The van der Waals surface area contributed by atoms with Gasteiger partial charge >= 0.3 is 0 Å². The van der Waals surface area contributed by atoms with Gasteiger partial charge in [0.15, 0.2) is 0 Å². The van der Waals surface area contributed by atoms with Crippen LogP contribution in [0.3, 0.4) is 0 Å². The molecule has 0 aliphatic heterocycles. The van der Waals surface area contributed by atoms with Crippen molar-refractivity contribution in [2.75, 3.05) is 19.8 Å². The summed E-state index contributed by atoms with van der Waals surface area (Å²) in [6.45, 7) is 2.88.